The van der Waals surface area contributed by atoms with Crippen molar-refractivity contribution in [2.45, 2.75) is 25.8 Å². The number of aromatic amines is 1. The molecule has 4 nitrogen and oxygen atoms in total. The molecule has 0 unspecified atom stereocenters. The van der Waals surface area contributed by atoms with Crippen LogP contribution < -0.4 is 5.32 Å². The molecule has 2 aliphatic rings. The van der Waals surface area contributed by atoms with E-state index in [1.807, 2.05) is 18.3 Å². The second-order valence-corrected chi connectivity index (χ2v) is 7.96. The van der Waals surface area contributed by atoms with Crippen molar-refractivity contribution < 1.29 is 8.78 Å². The summed E-state index contributed by atoms with van der Waals surface area (Å²) in [6.45, 7) is 3.56. The van der Waals surface area contributed by atoms with E-state index in [2.05, 4.69) is 15.2 Å². The molecule has 1 aromatic heterocycles. The summed E-state index contributed by atoms with van der Waals surface area (Å²) in [6, 6.07) is 10.0. The first-order chi connectivity index (χ1) is 14.2. The Morgan fingerprint density at radius 3 is 2.83 bits per heavy atom. The summed E-state index contributed by atoms with van der Waals surface area (Å²) in [6.07, 6.45) is 5.04. The largest absolute Gasteiger partial charge is 0.369 e. The van der Waals surface area contributed by atoms with Crippen LogP contribution >= 0.6 is 0 Å². The highest BCUT2D eigenvalue weighted by Crippen LogP contribution is 2.28. The first-order valence-electron chi connectivity index (χ1n) is 10.2. The van der Waals surface area contributed by atoms with Gasteiger partial charge >= 0.3 is 0 Å². The number of likely N-dealkylation sites (tertiary alicyclic amines) is 1. The summed E-state index contributed by atoms with van der Waals surface area (Å²) in [5.41, 5.74) is 3.51. The SMILES string of the molecule is Fc1ccc2c(CCN3CCC(C4=Nc5cccc(F)c5CN4)CC3)c[nH]c2c1. The quantitative estimate of drug-likeness (QED) is 0.683. The zero-order chi connectivity index (χ0) is 19.8. The fourth-order valence-electron chi connectivity index (χ4n) is 4.48. The van der Waals surface area contributed by atoms with Crippen molar-refractivity contribution in [3.05, 3.63) is 65.4 Å². The Balaban J connectivity index is 1.19. The third-order valence-corrected chi connectivity index (χ3v) is 6.18. The molecule has 2 aliphatic heterocycles. The first-order valence-corrected chi connectivity index (χ1v) is 10.2. The topological polar surface area (TPSA) is 43.4 Å². The predicted molar refractivity (Wildman–Crippen MR) is 111 cm³/mol. The smallest absolute Gasteiger partial charge is 0.130 e. The number of benzene rings is 2. The summed E-state index contributed by atoms with van der Waals surface area (Å²) in [5.74, 6) is 1.00. The van der Waals surface area contributed by atoms with Gasteiger partial charge in [-0.15, -0.1) is 0 Å². The minimum atomic E-state index is -0.211. The molecule has 0 bridgehead atoms. The number of rotatable bonds is 4. The van der Waals surface area contributed by atoms with Gasteiger partial charge in [0.1, 0.15) is 17.5 Å². The van der Waals surface area contributed by atoms with Crippen LogP contribution in [0.2, 0.25) is 0 Å². The highest BCUT2D eigenvalue weighted by molar-refractivity contribution is 5.89. The van der Waals surface area contributed by atoms with E-state index < -0.39 is 0 Å². The molecular weight excluding hydrogens is 370 g/mol. The summed E-state index contributed by atoms with van der Waals surface area (Å²) in [5, 5.41) is 4.44. The molecule has 0 amide bonds. The van der Waals surface area contributed by atoms with Crippen LogP contribution in [-0.2, 0) is 13.0 Å². The summed E-state index contributed by atoms with van der Waals surface area (Å²) in [4.78, 5) is 10.3. The van der Waals surface area contributed by atoms with Crippen molar-refractivity contribution in [1.29, 1.82) is 0 Å². The van der Waals surface area contributed by atoms with Gasteiger partial charge in [-0.3, -0.25) is 0 Å². The van der Waals surface area contributed by atoms with E-state index in [0.29, 0.717) is 18.0 Å². The number of aromatic nitrogens is 1. The van der Waals surface area contributed by atoms with Crippen molar-refractivity contribution >= 4 is 22.4 Å². The highest BCUT2D eigenvalue weighted by atomic mass is 19.1. The van der Waals surface area contributed by atoms with E-state index >= 15 is 0 Å². The van der Waals surface area contributed by atoms with Crippen LogP contribution in [0.4, 0.5) is 14.5 Å². The number of nitrogens with zero attached hydrogens (tertiary/aromatic N) is 2. The lowest BCUT2D eigenvalue weighted by Crippen LogP contribution is -2.41. The van der Waals surface area contributed by atoms with Crippen molar-refractivity contribution in [3.63, 3.8) is 0 Å². The van der Waals surface area contributed by atoms with Gasteiger partial charge in [0.25, 0.3) is 0 Å². The van der Waals surface area contributed by atoms with Gasteiger partial charge in [0.05, 0.1) is 5.69 Å². The second kappa shape index (κ2) is 7.59. The molecule has 1 fully saturated rings. The van der Waals surface area contributed by atoms with Crippen LogP contribution in [0.25, 0.3) is 10.9 Å². The van der Waals surface area contributed by atoms with Gasteiger partial charge < -0.3 is 15.2 Å². The monoisotopic (exact) mass is 394 g/mol. The van der Waals surface area contributed by atoms with Crippen molar-refractivity contribution in [2.24, 2.45) is 10.9 Å². The molecular formula is C23H24F2N4. The number of halogens is 2. The maximum absolute atomic E-state index is 13.9. The van der Waals surface area contributed by atoms with Gasteiger partial charge in [0, 0.05) is 41.7 Å². The molecule has 29 heavy (non-hydrogen) atoms. The summed E-state index contributed by atoms with van der Waals surface area (Å²) in [7, 11) is 0. The number of hydrogen-bond donors (Lipinski definition) is 2. The average Bonchev–Trinajstić information content (AvgIpc) is 3.14. The molecule has 0 spiro atoms. The van der Waals surface area contributed by atoms with Gasteiger partial charge in [0.2, 0.25) is 0 Å². The van der Waals surface area contributed by atoms with Crippen LogP contribution in [0.3, 0.4) is 0 Å². The number of fused-ring (bicyclic) bond motifs is 2. The van der Waals surface area contributed by atoms with E-state index in [4.69, 9.17) is 4.99 Å². The van der Waals surface area contributed by atoms with E-state index in [1.165, 1.54) is 17.7 Å². The predicted octanol–water partition coefficient (Wildman–Crippen LogP) is 4.53. The molecule has 3 aromatic rings. The van der Waals surface area contributed by atoms with Crippen LogP contribution in [-0.4, -0.2) is 35.4 Å². The minimum Gasteiger partial charge on any atom is -0.369 e. The number of hydrogen-bond acceptors (Lipinski definition) is 3. The summed E-state index contributed by atoms with van der Waals surface area (Å²) < 4.78 is 27.2. The van der Waals surface area contributed by atoms with Crippen LogP contribution in [0.5, 0.6) is 0 Å². The van der Waals surface area contributed by atoms with Gasteiger partial charge in [-0.2, -0.15) is 0 Å². The number of aliphatic imine (C=N–C) groups is 1. The zero-order valence-electron chi connectivity index (χ0n) is 16.2. The van der Waals surface area contributed by atoms with E-state index in [0.717, 1.165) is 61.3 Å². The normalized spacial score (nSPS) is 17.8. The number of nitrogens with one attached hydrogen (secondary N) is 2. The molecule has 6 heteroatoms. The van der Waals surface area contributed by atoms with Crippen LogP contribution in [0.15, 0.2) is 47.6 Å². The Labute approximate surface area is 168 Å². The number of piperidine rings is 1. The molecule has 2 N–H and O–H groups in total. The lowest BCUT2D eigenvalue weighted by atomic mass is 9.94. The third kappa shape index (κ3) is 3.65. The van der Waals surface area contributed by atoms with E-state index in [-0.39, 0.29) is 11.6 Å². The maximum atomic E-state index is 13.9. The Kier molecular flexibility index (Phi) is 4.79. The van der Waals surface area contributed by atoms with Crippen molar-refractivity contribution in [3.8, 4) is 0 Å². The standard InChI is InChI=1S/C23H24F2N4/c24-17-4-5-18-16(13-26-22(18)12-17)8-11-29-9-6-15(7-10-29)23-27-14-19-20(25)2-1-3-21(19)28-23/h1-5,12-13,15,26H,6-11,14H2,(H,27,28). The van der Waals surface area contributed by atoms with Gasteiger partial charge in [-0.05, 0) is 68.2 Å². The zero-order valence-corrected chi connectivity index (χ0v) is 16.2. The van der Waals surface area contributed by atoms with Gasteiger partial charge in [-0.1, -0.05) is 6.07 Å². The molecule has 1 saturated heterocycles. The fraction of sp³-hybridized carbons (Fsp3) is 0.348. The van der Waals surface area contributed by atoms with Gasteiger partial charge in [0.15, 0.2) is 0 Å². The Morgan fingerprint density at radius 2 is 1.97 bits per heavy atom. The molecule has 5 rings (SSSR count). The molecule has 0 saturated carbocycles. The maximum Gasteiger partial charge on any atom is 0.130 e. The van der Waals surface area contributed by atoms with Crippen LogP contribution in [0.1, 0.15) is 24.0 Å². The highest BCUT2D eigenvalue weighted by Gasteiger charge is 2.26. The molecule has 3 heterocycles. The molecule has 150 valence electrons. The molecule has 2 aromatic carbocycles. The molecule has 0 aliphatic carbocycles. The Bertz CT molecular complexity index is 1060. The average molecular weight is 394 g/mol. The fourth-order valence-corrected chi connectivity index (χ4v) is 4.48. The van der Waals surface area contributed by atoms with E-state index in [9.17, 15) is 8.78 Å². The molecule has 0 radical (unpaired) electrons. The van der Waals surface area contributed by atoms with E-state index in [1.54, 1.807) is 12.1 Å². The Morgan fingerprint density at radius 1 is 1.10 bits per heavy atom. The lowest BCUT2D eigenvalue weighted by molar-refractivity contribution is 0.210. The lowest BCUT2D eigenvalue weighted by Gasteiger charge is -2.33. The first kappa shape index (κ1) is 18.3. The van der Waals surface area contributed by atoms with Crippen molar-refractivity contribution in [2.75, 3.05) is 19.6 Å². The minimum absolute atomic E-state index is 0.187. The van der Waals surface area contributed by atoms with Gasteiger partial charge in [-0.25, -0.2) is 13.8 Å². The second-order valence-electron chi connectivity index (χ2n) is 7.96. The summed E-state index contributed by atoms with van der Waals surface area (Å²) >= 11 is 0. The number of amidine groups is 1. The Hall–Kier alpha value is -2.73. The van der Waals surface area contributed by atoms with Crippen LogP contribution in [0, 0.1) is 17.6 Å². The molecule has 0 atom stereocenters. The third-order valence-electron chi connectivity index (χ3n) is 6.18. The number of H-pyrrole nitrogens is 1. The van der Waals surface area contributed by atoms with Crippen molar-refractivity contribution in [1.82, 2.24) is 15.2 Å².